The number of alkyl halides is 3. The van der Waals surface area contributed by atoms with E-state index in [-0.39, 0.29) is 17.2 Å². The summed E-state index contributed by atoms with van der Waals surface area (Å²) in [6, 6.07) is 1.59. The zero-order chi connectivity index (χ0) is 13.9. The van der Waals surface area contributed by atoms with Crippen molar-refractivity contribution in [3.63, 3.8) is 0 Å². The molecular formula is C11H12F3O3Si. The Labute approximate surface area is 106 Å². The van der Waals surface area contributed by atoms with Crippen molar-refractivity contribution >= 4 is 10.2 Å². The zero-order valence-electron chi connectivity index (χ0n) is 10.1. The van der Waals surface area contributed by atoms with Crippen LogP contribution in [0.3, 0.4) is 0 Å². The highest BCUT2D eigenvalue weighted by molar-refractivity contribution is 6.08. The van der Waals surface area contributed by atoms with Crippen LogP contribution in [0.25, 0.3) is 0 Å². The van der Waals surface area contributed by atoms with Gasteiger partial charge in [-0.3, -0.25) is 0 Å². The number of ether oxygens (including phenoxy) is 3. The first-order chi connectivity index (χ1) is 8.40. The predicted molar refractivity (Wildman–Crippen MR) is 60.6 cm³/mol. The molecule has 7 heteroatoms. The fourth-order valence-electron chi connectivity index (χ4n) is 1.65. The van der Waals surface area contributed by atoms with Gasteiger partial charge in [0.25, 0.3) is 0 Å². The molecule has 0 atom stereocenters. The molecule has 0 N–H and O–H groups in total. The molecule has 0 amide bonds. The minimum absolute atomic E-state index is 0.0422. The van der Waals surface area contributed by atoms with Crippen LogP contribution in [0.4, 0.5) is 13.2 Å². The van der Waals surface area contributed by atoms with Gasteiger partial charge in [0.15, 0.2) is 11.5 Å². The molecule has 0 saturated carbocycles. The Kier molecular flexibility index (Phi) is 4.50. The van der Waals surface area contributed by atoms with Crippen LogP contribution in [0, 0.1) is 0 Å². The zero-order valence-corrected chi connectivity index (χ0v) is 11.1. The van der Waals surface area contributed by atoms with Gasteiger partial charge in [-0.1, -0.05) is 0 Å². The van der Waals surface area contributed by atoms with Gasteiger partial charge in [-0.05, 0) is 17.7 Å². The summed E-state index contributed by atoms with van der Waals surface area (Å²) in [6.07, 6.45) is -4.59. The Balaban J connectivity index is 3.66. The van der Waals surface area contributed by atoms with Gasteiger partial charge in [-0.2, -0.15) is 13.2 Å². The van der Waals surface area contributed by atoms with Crippen molar-refractivity contribution in [1.29, 1.82) is 0 Å². The molecule has 0 aromatic heterocycles. The van der Waals surface area contributed by atoms with E-state index in [9.17, 15) is 13.2 Å². The summed E-state index contributed by atoms with van der Waals surface area (Å²) in [5.41, 5.74) is -0.468. The van der Waals surface area contributed by atoms with Crippen LogP contribution in [-0.2, 0) is 12.2 Å². The van der Waals surface area contributed by atoms with Crippen LogP contribution >= 0.6 is 0 Å². The molecule has 0 aliphatic rings. The van der Waals surface area contributed by atoms with Gasteiger partial charge in [0.1, 0.15) is 11.3 Å². The molecule has 1 aromatic rings. The third-order valence-corrected chi connectivity index (χ3v) is 2.76. The second-order valence-electron chi connectivity index (χ2n) is 3.35. The maximum atomic E-state index is 13.0. The highest BCUT2D eigenvalue weighted by Gasteiger charge is 2.40. The second-order valence-corrected chi connectivity index (χ2v) is 3.71. The molecule has 0 heterocycles. The maximum Gasteiger partial charge on any atom is 0.423 e. The highest BCUT2D eigenvalue weighted by Crippen LogP contribution is 2.48. The van der Waals surface area contributed by atoms with Crippen molar-refractivity contribution in [2.75, 3.05) is 21.3 Å². The van der Waals surface area contributed by atoms with Gasteiger partial charge in [0, 0.05) is 10.2 Å². The van der Waals surface area contributed by atoms with E-state index in [4.69, 9.17) is 14.2 Å². The average Bonchev–Trinajstić information content (AvgIpc) is 2.34. The Bertz CT molecular complexity index is 433. The van der Waals surface area contributed by atoms with Gasteiger partial charge in [0.2, 0.25) is 0 Å². The van der Waals surface area contributed by atoms with Crippen molar-refractivity contribution in [1.82, 2.24) is 0 Å². The topological polar surface area (TPSA) is 27.7 Å². The molecule has 99 valence electrons. The number of benzene rings is 1. The van der Waals surface area contributed by atoms with Crippen LogP contribution in [-0.4, -0.2) is 31.6 Å². The van der Waals surface area contributed by atoms with Crippen LogP contribution in [0.5, 0.6) is 17.2 Å². The quantitative estimate of drug-likeness (QED) is 0.791. The van der Waals surface area contributed by atoms with E-state index in [1.807, 2.05) is 0 Å². The Morgan fingerprint density at radius 2 is 1.61 bits per heavy atom. The first-order valence-electron chi connectivity index (χ1n) is 4.94. The predicted octanol–water partition coefficient (Wildman–Crippen LogP) is 2.40. The first-order valence-corrected chi connectivity index (χ1v) is 5.65. The van der Waals surface area contributed by atoms with Crippen molar-refractivity contribution in [3.8, 4) is 17.2 Å². The molecule has 1 aromatic carbocycles. The lowest BCUT2D eigenvalue weighted by atomic mass is 10.1. The second kappa shape index (κ2) is 5.51. The van der Waals surface area contributed by atoms with Crippen LogP contribution in [0.15, 0.2) is 6.07 Å². The van der Waals surface area contributed by atoms with E-state index >= 15 is 0 Å². The summed E-state index contributed by atoms with van der Waals surface area (Å²) in [6.45, 7) is 0. The van der Waals surface area contributed by atoms with E-state index in [2.05, 4.69) is 10.2 Å². The molecule has 0 spiro atoms. The standard InChI is InChI=1S/C11H12F3O3Si/c1-15-7-4-6(5-18)9(16-2)10(17-3)8(7)11(12,13)14/h4H,5H2,1-3H3. The fraction of sp³-hybridized carbons (Fsp3) is 0.455. The van der Waals surface area contributed by atoms with Gasteiger partial charge < -0.3 is 14.2 Å². The number of hydrogen-bond donors (Lipinski definition) is 0. The fourth-order valence-corrected chi connectivity index (χ4v) is 1.91. The smallest absolute Gasteiger partial charge is 0.423 e. The molecule has 0 aliphatic heterocycles. The summed E-state index contributed by atoms with van der Waals surface area (Å²) < 4.78 is 53.6. The third kappa shape index (κ3) is 2.55. The minimum atomic E-state index is -4.59. The number of hydrogen-bond acceptors (Lipinski definition) is 3. The lowest BCUT2D eigenvalue weighted by Gasteiger charge is -2.20. The molecule has 0 unspecified atom stereocenters. The lowest BCUT2D eigenvalue weighted by Crippen LogP contribution is -2.12. The molecule has 0 bridgehead atoms. The van der Waals surface area contributed by atoms with Crippen LogP contribution in [0.1, 0.15) is 11.1 Å². The molecule has 3 nitrogen and oxygen atoms in total. The van der Waals surface area contributed by atoms with E-state index in [1.54, 1.807) is 0 Å². The Morgan fingerprint density at radius 1 is 1.06 bits per heavy atom. The molecule has 3 radical (unpaired) electrons. The highest BCUT2D eigenvalue weighted by atomic mass is 28.1. The number of halogens is 3. The largest absolute Gasteiger partial charge is 0.496 e. The van der Waals surface area contributed by atoms with Crippen molar-refractivity contribution in [2.45, 2.75) is 12.2 Å². The molecule has 0 fully saturated rings. The molecule has 0 saturated heterocycles. The Hall–Kier alpha value is -1.37. The normalized spacial score (nSPS) is 11.3. The van der Waals surface area contributed by atoms with E-state index in [0.29, 0.717) is 11.6 Å². The molecular weight excluding hydrogens is 265 g/mol. The van der Waals surface area contributed by atoms with Crippen LogP contribution < -0.4 is 14.2 Å². The minimum Gasteiger partial charge on any atom is -0.496 e. The van der Waals surface area contributed by atoms with Crippen molar-refractivity contribution in [2.24, 2.45) is 0 Å². The van der Waals surface area contributed by atoms with Crippen LogP contribution in [0.2, 0.25) is 0 Å². The summed E-state index contributed by atoms with van der Waals surface area (Å²) in [5, 5.41) is 0. The van der Waals surface area contributed by atoms with E-state index in [0.717, 1.165) is 7.11 Å². The third-order valence-electron chi connectivity index (χ3n) is 2.38. The molecule has 0 aliphatic carbocycles. The molecule has 1 rings (SSSR count). The number of methoxy groups -OCH3 is 3. The van der Waals surface area contributed by atoms with E-state index < -0.39 is 11.7 Å². The average molecular weight is 277 g/mol. The lowest BCUT2D eigenvalue weighted by molar-refractivity contribution is -0.140. The summed E-state index contributed by atoms with van der Waals surface area (Å²) in [5.74, 6) is -0.633. The number of rotatable bonds is 4. The Morgan fingerprint density at radius 3 is 1.94 bits per heavy atom. The van der Waals surface area contributed by atoms with Crippen molar-refractivity contribution in [3.05, 3.63) is 17.2 Å². The summed E-state index contributed by atoms with van der Waals surface area (Å²) in [4.78, 5) is 0. The van der Waals surface area contributed by atoms with Gasteiger partial charge in [0.05, 0.1) is 21.3 Å². The summed E-state index contributed by atoms with van der Waals surface area (Å²) >= 11 is 0. The van der Waals surface area contributed by atoms with Gasteiger partial charge >= 0.3 is 6.18 Å². The van der Waals surface area contributed by atoms with E-state index in [1.165, 1.54) is 20.3 Å². The van der Waals surface area contributed by atoms with Crippen molar-refractivity contribution < 1.29 is 27.4 Å². The monoisotopic (exact) mass is 277 g/mol. The maximum absolute atomic E-state index is 13.0. The van der Waals surface area contributed by atoms with Gasteiger partial charge in [-0.25, -0.2) is 0 Å². The SMILES string of the molecule is COc1cc(C[Si])c(OC)c(OC)c1C(F)(F)F. The summed E-state index contributed by atoms with van der Waals surface area (Å²) in [7, 11) is 6.85. The van der Waals surface area contributed by atoms with Gasteiger partial charge in [-0.15, -0.1) is 0 Å². The first kappa shape index (κ1) is 14.7. The molecule has 18 heavy (non-hydrogen) atoms.